The molecule has 0 amide bonds. The lowest BCUT2D eigenvalue weighted by Crippen LogP contribution is -1.93. The number of hydrogen-bond donors (Lipinski definition) is 1. The third-order valence-electron chi connectivity index (χ3n) is 5.56. The van der Waals surface area contributed by atoms with Gasteiger partial charge in [0.2, 0.25) is 0 Å². The van der Waals surface area contributed by atoms with Gasteiger partial charge >= 0.3 is 0 Å². The zero-order chi connectivity index (χ0) is 18.5. The Bertz CT molecular complexity index is 1450. The van der Waals surface area contributed by atoms with Gasteiger partial charge in [0.15, 0.2) is 0 Å². The molecule has 0 saturated heterocycles. The predicted octanol–water partition coefficient (Wildman–Crippen LogP) is 6.93. The highest BCUT2D eigenvalue weighted by molar-refractivity contribution is 6.16. The van der Waals surface area contributed by atoms with E-state index in [1.165, 1.54) is 49.5 Å². The SMILES string of the molecule is c1ccc(-c2cccc(-n3ccc4ccc5c6ccccc6[nH]c5c43)c2)cc1. The van der Waals surface area contributed by atoms with E-state index in [1.54, 1.807) is 0 Å². The Labute approximate surface area is 162 Å². The van der Waals surface area contributed by atoms with Crippen molar-refractivity contribution in [3.8, 4) is 16.8 Å². The molecular weight excluding hydrogens is 340 g/mol. The van der Waals surface area contributed by atoms with Crippen molar-refractivity contribution in [1.82, 2.24) is 9.55 Å². The molecule has 0 bridgehead atoms. The van der Waals surface area contributed by atoms with Crippen molar-refractivity contribution in [2.75, 3.05) is 0 Å². The molecule has 6 rings (SSSR count). The van der Waals surface area contributed by atoms with Gasteiger partial charge in [-0.1, -0.05) is 72.8 Å². The van der Waals surface area contributed by atoms with Crippen LogP contribution in [0.5, 0.6) is 0 Å². The third-order valence-corrected chi connectivity index (χ3v) is 5.56. The number of hydrogen-bond acceptors (Lipinski definition) is 0. The second kappa shape index (κ2) is 5.86. The van der Waals surface area contributed by atoms with Gasteiger partial charge < -0.3 is 9.55 Å². The van der Waals surface area contributed by atoms with Crippen molar-refractivity contribution in [3.05, 3.63) is 103 Å². The number of aromatic nitrogens is 2. The predicted molar refractivity (Wildman–Crippen MR) is 118 cm³/mol. The Morgan fingerprint density at radius 2 is 1.43 bits per heavy atom. The van der Waals surface area contributed by atoms with E-state index < -0.39 is 0 Å². The minimum atomic E-state index is 1.17. The molecule has 0 aliphatic carbocycles. The average Bonchev–Trinajstić information content (AvgIpc) is 3.36. The standard InChI is InChI=1S/C26H18N2/c1-2-7-18(8-3-1)20-9-6-10-21(17-20)28-16-15-19-13-14-23-22-11-4-5-12-24(22)27-25(23)26(19)28/h1-17,27H. The van der Waals surface area contributed by atoms with Gasteiger partial charge in [0, 0.05) is 33.6 Å². The van der Waals surface area contributed by atoms with Gasteiger partial charge in [-0.05, 0) is 35.4 Å². The van der Waals surface area contributed by atoms with Crippen LogP contribution in [0.15, 0.2) is 103 Å². The molecule has 0 aliphatic rings. The lowest BCUT2D eigenvalue weighted by atomic mass is 10.1. The highest BCUT2D eigenvalue weighted by Gasteiger charge is 2.12. The highest BCUT2D eigenvalue weighted by Crippen LogP contribution is 2.33. The normalized spacial score (nSPS) is 11.6. The lowest BCUT2D eigenvalue weighted by Gasteiger charge is -2.09. The molecule has 0 fully saturated rings. The topological polar surface area (TPSA) is 20.7 Å². The summed E-state index contributed by atoms with van der Waals surface area (Å²) in [4.78, 5) is 3.64. The summed E-state index contributed by atoms with van der Waals surface area (Å²) in [5.74, 6) is 0. The molecule has 28 heavy (non-hydrogen) atoms. The summed E-state index contributed by atoms with van der Waals surface area (Å²) < 4.78 is 2.29. The summed E-state index contributed by atoms with van der Waals surface area (Å²) >= 11 is 0. The van der Waals surface area contributed by atoms with Crippen LogP contribution in [0, 0.1) is 0 Å². The van der Waals surface area contributed by atoms with E-state index in [9.17, 15) is 0 Å². The van der Waals surface area contributed by atoms with E-state index in [-0.39, 0.29) is 0 Å². The summed E-state index contributed by atoms with van der Waals surface area (Å²) in [6.45, 7) is 0. The number of nitrogens with one attached hydrogen (secondary N) is 1. The van der Waals surface area contributed by atoms with Gasteiger partial charge in [-0.25, -0.2) is 0 Å². The zero-order valence-electron chi connectivity index (χ0n) is 15.3. The first-order valence-electron chi connectivity index (χ1n) is 9.55. The Morgan fingerprint density at radius 3 is 2.36 bits per heavy atom. The molecule has 0 aliphatic heterocycles. The fraction of sp³-hybridized carbons (Fsp3) is 0. The molecule has 0 radical (unpaired) electrons. The molecule has 2 heterocycles. The van der Waals surface area contributed by atoms with Gasteiger partial charge in [0.05, 0.1) is 11.0 Å². The number of H-pyrrole nitrogens is 1. The number of aromatic amines is 1. The molecular formula is C26H18N2. The fourth-order valence-corrected chi connectivity index (χ4v) is 4.22. The molecule has 0 atom stereocenters. The Morgan fingerprint density at radius 1 is 0.607 bits per heavy atom. The maximum atomic E-state index is 3.64. The minimum absolute atomic E-state index is 1.17. The van der Waals surface area contributed by atoms with Crippen molar-refractivity contribution in [2.24, 2.45) is 0 Å². The molecule has 1 N–H and O–H groups in total. The van der Waals surface area contributed by atoms with Crippen LogP contribution >= 0.6 is 0 Å². The second-order valence-electron chi connectivity index (χ2n) is 7.20. The van der Waals surface area contributed by atoms with Gasteiger partial charge in [0.25, 0.3) is 0 Å². The first kappa shape index (κ1) is 15.3. The third kappa shape index (κ3) is 2.21. The van der Waals surface area contributed by atoms with Crippen LogP contribution < -0.4 is 0 Å². The Kier molecular flexibility index (Phi) is 3.20. The van der Waals surface area contributed by atoms with Crippen LogP contribution in [0.1, 0.15) is 0 Å². The van der Waals surface area contributed by atoms with Crippen molar-refractivity contribution < 1.29 is 0 Å². The van der Waals surface area contributed by atoms with Crippen LogP contribution in [0.3, 0.4) is 0 Å². The van der Waals surface area contributed by atoms with Crippen molar-refractivity contribution in [3.63, 3.8) is 0 Å². The largest absolute Gasteiger partial charge is 0.353 e. The van der Waals surface area contributed by atoms with E-state index in [4.69, 9.17) is 0 Å². The summed E-state index contributed by atoms with van der Waals surface area (Å²) in [7, 11) is 0. The first-order chi connectivity index (χ1) is 13.9. The number of rotatable bonds is 2. The van der Waals surface area contributed by atoms with E-state index in [0.717, 1.165) is 0 Å². The van der Waals surface area contributed by atoms with Crippen LogP contribution in [0.4, 0.5) is 0 Å². The molecule has 2 heteroatoms. The number of nitrogens with zero attached hydrogens (tertiary/aromatic N) is 1. The smallest absolute Gasteiger partial charge is 0.0771 e. The van der Waals surface area contributed by atoms with E-state index in [2.05, 4.69) is 113 Å². The fourth-order valence-electron chi connectivity index (χ4n) is 4.22. The summed E-state index contributed by atoms with van der Waals surface area (Å²) in [5.41, 5.74) is 7.21. The molecule has 132 valence electrons. The maximum Gasteiger partial charge on any atom is 0.0771 e. The van der Waals surface area contributed by atoms with Crippen LogP contribution in [0.2, 0.25) is 0 Å². The van der Waals surface area contributed by atoms with Gasteiger partial charge in [-0.15, -0.1) is 0 Å². The van der Waals surface area contributed by atoms with Gasteiger partial charge in [-0.3, -0.25) is 0 Å². The van der Waals surface area contributed by atoms with Crippen molar-refractivity contribution in [1.29, 1.82) is 0 Å². The summed E-state index contributed by atoms with van der Waals surface area (Å²) in [6, 6.07) is 34.4. The molecule has 0 saturated carbocycles. The molecule has 2 aromatic heterocycles. The quantitative estimate of drug-likeness (QED) is 0.346. The van der Waals surface area contributed by atoms with Gasteiger partial charge in [0.1, 0.15) is 0 Å². The molecule has 0 spiro atoms. The van der Waals surface area contributed by atoms with E-state index in [1.807, 2.05) is 0 Å². The zero-order valence-corrected chi connectivity index (χ0v) is 15.3. The molecule has 0 unspecified atom stereocenters. The minimum Gasteiger partial charge on any atom is -0.353 e. The van der Waals surface area contributed by atoms with Gasteiger partial charge in [-0.2, -0.15) is 0 Å². The Hall–Kier alpha value is -3.78. The van der Waals surface area contributed by atoms with Crippen molar-refractivity contribution in [2.45, 2.75) is 0 Å². The number of para-hydroxylation sites is 1. The number of benzene rings is 4. The summed E-state index contributed by atoms with van der Waals surface area (Å²) in [6.07, 6.45) is 2.17. The molecule has 4 aromatic carbocycles. The van der Waals surface area contributed by atoms with Crippen LogP contribution in [-0.4, -0.2) is 9.55 Å². The lowest BCUT2D eigenvalue weighted by molar-refractivity contribution is 1.13. The summed E-state index contributed by atoms with van der Waals surface area (Å²) in [5, 5.41) is 3.77. The van der Waals surface area contributed by atoms with E-state index in [0.29, 0.717) is 0 Å². The second-order valence-corrected chi connectivity index (χ2v) is 7.20. The Balaban J connectivity index is 1.63. The first-order valence-corrected chi connectivity index (χ1v) is 9.55. The monoisotopic (exact) mass is 358 g/mol. The van der Waals surface area contributed by atoms with E-state index >= 15 is 0 Å². The molecule has 6 aromatic rings. The van der Waals surface area contributed by atoms with Crippen molar-refractivity contribution >= 4 is 32.7 Å². The van der Waals surface area contributed by atoms with Crippen LogP contribution in [0.25, 0.3) is 49.5 Å². The highest BCUT2D eigenvalue weighted by atomic mass is 15.0. The maximum absolute atomic E-state index is 3.64. The number of fused-ring (bicyclic) bond motifs is 5. The molecule has 2 nitrogen and oxygen atoms in total. The average molecular weight is 358 g/mol. The van der Waals surface area contributed by atoms with Crippen LogP contribution in [-0.2, 0) is 0 Å².